The number of carbonyl (C=O) groups is 1. The van der Waals surface area contributed by atoms with Crippen LogP contribution in [0.3, 0.4) is 0 Å². The van der Waals surface area contributed by atoms with Crippen molar-refractivity contribution in [2.75, 3.05) is 31.1 Å². The van der Waals surface area contributed by atoms with Crippen LogP contribution in [-0.4, -0.2) is 62.8 Å². The van der Waals surface area contributed by atoms with Crippen LogP contribution in [0, 0.1) is 6.92 Å². The maximum Gasteiger partial charge on any atom is 0.253 e. The Morgan fingerprint density at radius 1 is 0.977 bits per heavy atom. The number of H-pyrrole nitrogens is 1. The molecule has 5 rings (SSSR count). The zero-order valence-electron chi connectivity index (χ0n) is 26.8. The largest absolute Gasteiger partial charge is 0.354 e. The molecule has 0 unspecified atom stereocenters. The summed E-state index contributed by atoms with van der Waals surface area (Å²) in [6.07, 6.45) is 3.64. The van der Waals surface area contributed by atoms with Gasteiger partial charge in [0.25, 0.3) is 11.5 Å². The third-order valence-corrected chi connectivity index (χ3v) is 8.49. The van der Waals surface area contributed by atoms with Gasteiger partial charge in [0, 0.05) is 78.6 Å². The number of aromatic nitrogens is 4. The Balaban J connectivity index is 1.43. The molecular weight excluding hydrogens is 538 g/mol. The number of hydrogen-bond donors (Lipinski definition) is 2. The van der Waals surface area contributed by atoms with E-state index in [0.717, 1.165) is 65.3 Å². The Hall–Kier alpha value is -3.98. The minimum atomic E-state index is -0.249. The molecule has 1 aliphatic heterocycles. The Morgan fingerprint density at radius 2 is 1.70 bits per heavy atom. The van der Waals surface area contributed by atoms with Crippen LogP contribution < -0.4 is 15.8 Å². The molecule has 0 spiro atoms. The first-order chi connectivity index (χ1) is 20.3. The van der Waals surface area contributed by atoms with Crippen molar-refractivity contribution in [2.24, 2.45) is 0 Å². The van der Waals surface area contributed by atoms with Crippen LogP contribution in [0.5, 0.6) is 0 Å². The lowest BCUT2D eigenvalue weighted by molar-refractivity contribution is 0.0952. The molecule has 9 nitrogen and oxygen atoms in total. The first kappa shape index (κ1) is 30.5. The van der Waals surface area contributed by atoms with Crippen molar-refractivity contribution >= 4 is 22.6 Å². The van der Waals surface area contributed by atoms with Gasteiger partial charge in [-0.05, 0) is 76.1 Å². The second-order valence-corrected chi connectivity index (χ2v) is 13.3. The second-order valence-electron chi connectivity index (χ2n) is 13.3. The van der Waals surface area contributed by atoms with Gasteiger partial charge in [-0.25, -0.2) is 4.98 Å². The van der Waals surface area contributed by atoms with Crippen molar-refractivity contribution in [3.63, 3.8) is 0 Å². The first-order valence-corrected chi connectivity index (χ1v) is 15.3. The number of pyridine rings is 2. The highest BCUT2D eigenvalue weighted by atomic mass is 16.1. The van der Waals surface area contributed by atoms with Gasteiger partial charge in [-0.1, -0.05) is 20.8 Å². The molecule has 1 saturated heterocycles. The minimum absolute atomic E-state index is 0.121. The maximum absolute atomic E-state index is 13.7. The van der Waals surface area contributed by atoms with Crippen LogP contribution in [0.1, 0.15) is 81.7 Å². The second kappa shape index (κ2) is 12.0. The number of nitrogens with one attached hydrogen (secondary N) is 2. The summed E-state index contributed by atoms with van der Waals surface area (Å²) in [6.45, 7) is 20.8. The molecule has 1 aliphatic rings. The molecule has 0 bridgehead atoms. The fourth-order valence-electron chi connectivity index (χ4n) is 5.73. The average Bonchev–Trinajstić information content (AvgIpc) is 3.40. The number of hydrogen-bond acceptors (Lipinski definition) is 6. The highest BCUT2D eigenvalue weighted by molar-refractivity contribution is 6.08. The number of amides is 1. The fraction of sp³-hybridized carbons (Fsp3) is 0.471. The molecule has 2 N–H and O–H groups in total. The normalized spacial score (nSPS) is 14.7. The number of benzene rings is 1. The van der Waals surface area contributed by atoms with Gasteiger partial charge in [-0.3, -0.25) is 19.2 Å². The van der Waals surface area contributed by atoms with E-state index >= 15 is 0 Å². The van der Waals surface area contributed by atoms with E-state index in [1.807, 2.05) is 29.9 Å². The summed E-state index contributed by atoms with van der Waals surface area (Å²) in [7, 11) is 0. The van der Waals surface area contributed by atoms with E-state index in [2.05, 4.69) is 91.9 Å². The van der Waals surface area contributed by atoms with Gasteiger partial charge in [0.05, 0.1) is 17.3 Å². The molecular formula is C34H45N7O2. The van der Waals surface area contributed by atoms with Crippen LogP contribution in [-0.2, 0) is 12.0 Å². The van der Waals surface area contributed by atoms with Gasteiger partial charge < -0.3 is 15.2 Å². The fourth-order valence-corrected chi connectivity index (χ4v) is 5.73. The standard InChI is InChI=1S/C34H45N7O2/c1-21(2)39-11-13-40(14-12-39)31-10-9-24(18-35-31)25-16-26(28-20-37-41(22(3)4)29(28)17-25)32(42)36-19-27-23(5)15-30(34(6,7)8)38-33(27)43/h9-10,15-18,20-22H,11-14,19H2,1-8H3,(H,36,42)(H,38,43). The number of rotatable bonds is 7. The summed E-state index contributed by atoms with van der Waals surface area (Å²) in [5.41, 5.74) is 5.17. The van der Waals surface area contributed by atoms with Gasteiger partial charge in [0.1, 0.15) is 5.82 Å². The number of carbonyl (C=O) groups excluding carboxylic acids is 1. The van der Waals surface area contributed by atoms with Gasteiger partial charge >= 0.3 is 0 Å². The zero-order chi connectivity index (χ0) is 31.1. The van der Waals surface area contributed by atoms with E-state index in [9.17, 15) is 9.59 Å². The molecule has 0 saturated carbocycles. The number of aromatic amines is 1. The van der Waals surface area contributed by atoms with E-state index in [-0.39, 0.29) is 29.5 Å². The summed E-state index contributed by atoms with van der Waals surface area (Å²) in [6, 6.07) is 10.8. The average molecular weight is 584 g/mol. The SMILES string of the molecule is Cc1cc(C(C)(C)C)[nH]c(=O)c1CNC(=O)c1cc(-c2ccc(N3CCN(C(C)C)CC3)nc2)cc2c1cnn2C(C)C. The van der Waals surface area contributed by atoms with Crippen LogP contribution in [0.4, 0.5) is 5.82 Å². The molecule has 43 heavy (non-hydrogen) atoms. The van der Waals surface area contributed by atoms with Crippen LogP contribution in [0.25, 0.3) is 22.0 Å². The Morgan fingerprint density at radius 3 is 2.28 bits per heavy atom. The summed E-state index contributed by atoms with van der Waals surface area (Å²) in [4.78, 5) is 39.3. The van der Waals surface area contributed by atoms with E-state index in [4.69, 9.17) is 4.98 Å². The predicted molar refractivity (Wildman–Crippen MR) is 174 cm³/mol. The molecule has 228 valence electrons. The van der Waals surface area contributed by atoms with Crippen LogP contribution in [0.15, 0.2) is 47.5 Å². The molecule has 9 heteroatoms. The molecule has 4 aromatic rings. The van der Waals surface area contributed by atoms with Gasteiger partial charge in [-0.15, -0.1) is 0 Å². The number of aryl methyl sites for hydroxylation is 1. The smallest absolute Gasteiger partial charge is 0.253 e. The van der Waals surface area contributed by atoms with E-state index in [1.54, 1.807) is 6.20 Å². The van der Waals surface area contributed by atoms with E-state index < -0.39 is 0 Å². The molecule has 1 aromatic carbocycles. The predicted octanol–water partition coefficient (Wildman–Crippen LogP) is 5.43. The molecule has 1 amide bonds. The van der Waals surface area contributed by atoms with Crippen molar-refractivity contribution < 1.29 is 4.79 Å². The molecule has 0 radical (unpaired) electrons. The Kier molecular flexibility index (Phi) is 8.47. The van der Waals surface area contributed by atoms with Crippen molar-refractivity contribution in [3.05, 3.63) is 75.5 Å². The third kappa shape index (κ3) is 6.37. The van der Waals surface area contributed by atoms with Crippen molar-refractivity contribution in [1.29, 1.82) is 0 Å². The van der Waals surface area contributed by atoms with E-state index in [1.165, 1.54) is 0 Å². The number of fused-ring (bicyclic) bond motifs is 1. The van der Waals surface area contributed by atoms with Gasteiger partial charge in [0.15, 0.2) is 0 Å². The minimum Gasteiger partial charge on any atom is -0.354 e. The molecule has 0 aliphatic carbocycles. The van der Waals surface area contributed by atoms with Crippen molar-refractivity contribution in [2.45, 2.75) is 79.4 Å². The molecule has 4 heterocycles. The topological polar surface area (TPSA) is 99.2 Å². The lowest BCUT2D eigenvalue weighted by atomic mass is 9.90. The highest BCUT2D eigenvalue weighted by Crippen LogP contribution is 2.30. The highest BCUT2D eigenvalue weighted by Gasteiger charge is 2.22. The molecule has 1 fully saturated rings. The summed E-state index contributed by atoms with van der Waals surface area (Å²) in [5, 5.41) is 8.38. The van der Waals surface area contributed by atoms with Crippen LogP contribution in [0.2, 0.25) is 0 Å². The lowest BCUT2D eigenvalue weighted by Crippen LogP contribution is -2.49. The Bertz CT molecular complexity index is 1670. The number of piperazine rings is 1. The van der Waals surface area contributed by atoms with Gasteiger partial charge in [0.2, 0.25) is 0 Å². The van der Waals surface area contributed by atoms with Crippen molar-refractivity contribution in [3.8, 4) is 11.1 Å². The lowest BCUT2D eigenvalue weighted by Gasteiger charge is -2.37. The van der Waals surface area contributed by atoms with E-state index in [0.29, 0.717) is 17.2 Å². The molecule has 3 aromatic heterocycles. The summed E-state index contributed by atoms with van der Waals surface area (Å²) >= 11 is 0. The third-order valence-electron chi connectivity index (χ3n) is 8.49. The monoisotopic (exact) mass is 583 g/mol. The number of anilines is 1. The van der Waals surface area contributed by atoms with Crippen molar-refractivity contribution in [1.82, 2.24) is 30.0 Å². The number of nitrogens with zero attached hydrogens (tertiary/aromatic N) is 5. The summed E-state index contributed by atoms with van der Waals surface area (Å²) in [5.74, 6) is 0.720. The maximum atomic E-state index is 13.7. The van der Waals surface area contributed by atoms with Gasteiger partial charge in [-0.2, -0.15) is 5.10 Å². The van der Waals surface area contributed by atoms with Crippen LogP contribution >= 0.6 is 0 Å². The first-order valence-electron chi connectivity index (χ1n) is 15.3. The Labute approximate surface area is 254 Å². The summed E-state index contributed by atoms with van der Waals surface area (Å²) < 4.78 is 1.94. The molecule has 0 atom stereocenters. The quantitative estimate of drug-likeness (QED) is 0.301. The zero-order valence-corrected chi connectivity index (χ0v) is 26.8.